The molecule has 2 fully saturated rings. The van der Waals surface area contributed by atoms with Gasteiger partial charge in [-0.05, 0) is 43.7 Å². The van der Waals surface area contributed by atoms with E-state index in [2.05, 4.69) is 0 Å². The van der Waals surface area contributed by atoms with Crippen molar-refractivity contribution in [3.63, 3.8) is 0 Å². The van der Waals surface area contributed by atoms with Crippen molar-refractivity contribution in [1.29, 1.82) is 0 Å². The van der Waals surface area contributed by atoms with Gasteiger partial charge in [-0.2, -0.15) is 0 Å². The van der Waals surface area contributed by atoms with Gasteiger partial charge in [0.2, 0.25) is 5.91 Å². The molecule has 150 valence electrons. The topological polar surface area (TPSA) is 60.9 Å². The Bertz CT molecular complexity index is 948. The molecule has 0 aliphatic carbocycles. The van der Waals surface area contributed by atoms with Crippen LogP contribution < -0.4 is 4.90 Å². The van der Waals surface area contributed by atoms with Crippen molar-refractivity contribution in [1.82, 2.24) is 9.80 Å². The highest BCUT2D eigenvalue weighted by atomic mass is 16.2. The summed E-state index contributed by atoms with van der Waals surface area (Å²) in [5.41, 5.74) is 3.11. The molecule has 2 aromatic carbocycles. The molecule has 0 radical (unpaired) electrons. The summed E-state index contributed by atoms with van der Waals surface area (Å²) >= 11 is 0. The van der Waals surface area contributed by atoms with Gasteiger partial charge in [-0.3, -0.25) is 14.4 Å². The Morgan fingerprint density at radius 1 is 0.793 bits per heavy atom. The molecule has 29 heavy (non-hydrogen) atoms. The number of amides is 3. The molecule has 0 unspecified atom stereocenters. The van der Waals surface area contributed by atoms with E-state index in [1.54, 1.807) is 26.8 Å². The molecule has 6 heteroatoms. The average Bonchev–Trinajstić information content (AvgIpc) is 3.19. The number of piperazine rings is 1. The Morgan fingerprint density at radius 2 is 1.38 bits per heavy atom. The van der Waals surface area contributed by atoms with Crippen LogP contribution in [-0.4, -0.2) is 60.2 Å². The molecule has 0 saturated carbocycles. The molecule has 0 bridgehead atoms. The number of aryl methyl sites for hydroxylation is 1. The van der Waals surface area contributed by atoms with E-state index in [-0.39, 0.29) is 17.7 Å². The molecule has 0 atom stereocenters. The van der Waals surface area contributed by atoms with Crippen LogP contribution in [0, 0.1) is 6.92 Å². The summed E-state index contributed by atoms with van der Waals surface area (Å²) in [6.45, 7) is 4.71. The number of rotatable bonds is 3. The van der Waals surface area contributed by atoms with E-state index < -0.39 is 0 Å². The number of benzene rings is 2. The molecule has 2 aliphatic rings. The Balaban J connectivity index is 1.40. The van der Waals surface area contributed by atoms with Crippen LogP contribution in [0.3, 0.4) is 0 Å². The van der Waals surface area contributed by atoms with Crippen LogP contribution in [-0.2, 0) is 4.79 Å². The molecule has 0 N–H and O–H groups in total. The highest BCUT2D eigenvalue weighted by molar-refractivity contribution is 5.99. The Kier molecular flexibility index (Phi) is 5.34. The van der Waals surface area contributed by atoms with Gasteiger partial charge in [-0.15, -0.1) is 0 Å². The zero-order valence-electron chi connectivity index (χ0n) is 16.6. The SMILES string of the molecule is Cc1cccc(C(=O)N2CCN(C(=O)c3cccc(N4CCCC4=O)c3)CC2)c1. The maximum atomic E-state index is 13.0. The Morgan fingerprint density at radius 3 is 1.93 bits per heavy atom. The van der Waals surface area contributed by atoms with Crippen LogP contribution in [0.4, 0.5) is 5.69 Å². The first-order valence-electron chi connectivity index (χ1n) is 10.1. The summed E-state index contributed by atoms with van der Waals surface area (Å²) in [5.74, 6) is 0.0642. The van der Waals surface area contributed by atoms with Gasteiger partial charge >= 0.3 is 0 Å². The van der Waals surface area contributed by atoms with Gasteiger partial charge in [0.05, 0.1) is 0 Å². The van der Waals surface area contributed by atoms with Crippen molar-refractivity contribution in [3.8, 4) is 0 Å². The van der Waals surface area contributed by atoms with Gasteiger partial charge in [-0.25, -0.2) is 0 Å². The third-order valence-electron chi connectivity index (χ3n) is 5.60. The van der Waals surface area contributed by atoms with Crippen LogP contribution >= 0.6 is 0 Å². The van der Waals surface area contributed by atoms with Gasteiger partial charge in [0.1, 0.15) is 0 Å². The first-order chi connectivity index (χ1) is 14.0. The lowest BCUT2D eigenvalue weighted by Crippen LogP contribution is -2.50. The number of nitrogens with zero attached hydrogens (tertiary/aromatic N) is 3. The lowest BCUT2D eigenvalue weighted by atomic mass is 10.1. The highest BCUT2D eigenvalue weighted by Gasteiger charge is 2.27. The van der Waals surface area contributed by atoms with Crippen LogP contribution in [0.2, 0.25) is 0 Å². The van der Waals surface area contributed by atoms with Crippen LogP contribution in [0.15, 0.2) is 48.5 Å². The van der Waals surface area contributed by atoms with E-state index in [9.17, 15) is 14.4 Å². The average molecular weight is 391 g/mol. The lowest BCUT2D eigenvalue weighted by Gasteiger charge is -2.35. The quantitative estimate of drug-likeness (QED) is 0.808. The smallest absolute Gasteiger partial charge is 0.254 e. The molecular weight excluding hydrogens is 366 g/mol. The largest absolute Gasteiger partial charge is 0.335 e. The number of carbonyl (C=O) groups is 3. The predicted octanol–water partition coefficient (Wildman–Crippen LogP) is 2.72. The van der Waals surface area contributed by atoms with Gasteiger partial charge in [0.15, 0.2) is 0 Å². The third-order valence-corrected chi connectivity index (χ3v) is 5.60. The summed E-state index contributed by atoms with van der Waals surface area (Å²) in [6, 6.07) is 14.9. The molecule has 6 nitrogen and oxygen atoms in total. The molecule has 0 spiro atoms. The van der Waals surface area contributed by atoms with Gasteiger partial charge in [-0.1, -0.05) is 23.8 Å². The van der Waals surface area contributed by atoms with Crippen molar-refractivity contribution in [2.75, 3.05) is 37.6 Å². The lowest BCUT2D eigenvalue weighted by molar-refractivity contribution is -0.117. The maximum Gasteiger partial charge on any atom is 0.254 e. The summed E-state index contributed by atoms with van der Waals surface area (Å²) < 4.78 is 0. The van der Waals surface area contributed by atoms with Gasteiger partial charge in [0, 0.05) is 56.0 Å². The third kappa shape index (κ3) is 4.01. The Hall–Kier alpha value is -3.15. The summed E-state index contributed by atoms with van der Waals surface area (Å²) in [7, 11) is 0. The van der Waals surface area contributed by atoms with Crippen LogP contribution in [0.5, 0.6) is 0 Å². The molecule has 4 rings (SSSR count). The maximum absolute atomic E-state index is 13.0. The number of anilines is 1. The second-order valence-electron chi connectivity index (χ2n) is 7.65. The number of hydrogen-bond donors (Lipinski definition) is 0. The molecule has 2 heterocycles. The van der Waals surface area contributed by atoms with Crippen molar-refractivity contribution >= 4 is 23.4 Å². The minimum absolute atomic E-state index is 0.00958. The minimum atomic E-state index is -0.0545. The van der Waals surface area contributed by atoms with Gasteiger partial charge < -0.3 is 14.7 Å². The summed E-state index contributed by atoms with van der Waals surface area (Å²) in [6.07, 6.45) is 1.42. The molecular formula is C23H25N3O3. The Labute approximate surface area is 170 Å². The molecule has 3 amide bonds. The highest BCUT2D eigenvalue weighted by Crippen LogP contribution is 2.23. The zero-order chi connectivity index (χ0) is 20.4. The van der Waals surface area contributed by atoms with Crippen LogP contribution in [0.1, 0.15) is 39.1 Å². The van der Waals surface area contributed by atoms with Crippen molar-refractivity contribution in [2.24, 2.45) is 0 Å². The minimum Gasteiger partial charge on any atom is -0.335 e. The van der Waals surface area contributed by atoms with Crippen LogP contribution in [0.25, 0.3) is 0 Å². The molecule has 2 aromatic rings. The molecule has 2 saturated heterocycles. The fraction of sp³-hybridized carbons (Fsp3) is 0.348. The standard InChI is InChI=1S/C23H25N3O3/c1-17-5-2-6-18(15-17)22(28)24-11-13-25(14-12-24)23(29)19-7-3-8-20(16-19)26-10-4-9-21(26)27/h2-3,5-8,15-16H,4,9-14H2,1H3. The fourth-order valence-electron chi connectivity index (χ4n) is 3.98. The normalized spacial score (nSPS) is 17.0. The second kappa shape index (κ2) is 8.07. The summed E-state index contributed by atoms with van der Waals surface area (Å²) in [5, 5.41) is 0. The molecule has 0 aromatic heterocycles. The second-order valence-corrected chi connectivity index (χ2v) is 7.65. The van der Waals surface area contributed by atoms with Crippen molar-refractivity contribution in [2.45, 2.75) is 19.8 Å². The predicted molar refractivity (Wildman–Crippen MR) is 111 cm³/mol. The first-order valence-corrected chi connectivity index (χ1v) is 10.1. The van der Waals surface area contributed by atoms with Crippen molar-refractivity contribution < 1.29 is 14.4 Å². The zero-order valence-corrected chi connectivity index (χ0v) is 16.6. The molecule has 2 aliphatic heterocycles. The van der Waals surface area contributed by atoms with E-state index in [4.69, 9.17) is 0 Å². The van der Waals surface area contributed by atoms with E-state index in [0.717, 1.165) is 17.7 Å². The first kappa shape index (κ1) is 19.2. The van der Waals surface area contributed by atoms with Crippen molar-refractivity contribution in [3.05, 3.63) is 65.2 Å². The summed E-state index contributed by atoms with van der Waals surface area (Å²) in [4.78, 5) is 43.0. The van der Waals surface area contributed by atoms with E-state index in [1.165, 1.54) is 0 Å². The number of carbonyl (C=O) groups excluding carboxylic acids is 3. The van der Waals surface area contributed by atoms with Gasteiger partial charge in [0.25, 0.3) is 11.8 Å². The fourth-order valence-corrected chi connectivity index (χ4v) is 3.98. The number of hydrogen-bond acceptors (Lipinski definition) is 3. The van der Waals surface area contributed by atoms with E-state index in [0.29, 0.717) is 50.3 Å². The monoisotopic (exact) mass is 391 g/mol. The van der Waals surface area contributed by atoms with E-state index >= 15 is 0 Å². The van der Waals surface area contributed by atoms with E-state index in [1.807, 2.05) is 43.3 Å².